The number of nitrogens with two attached hydrogens (primary N) is 1. The van der Waals surface area contributed by atoms with Crippen molar-refractivity contribution in [2.45, 2.75) is 44.1 Å². The van der Waals surface area contributed by atoms with Crippen molar-refractivity contribution < 1.29 is 0 Å². The molecule has 1 aromatic carbocycles. The lowest BCUT2D eigenvalue weighted by atomic mass is 9.71. The lowest BCUT2D eigenvalue weighted by molar-refractivity contribution is 0.260. The van der Waals surface area contributed by atoms with Gasteiger partial charge in [-0.3, -0.25) is 0 Å². The Bertz CT molecular complexity index is 583. The highest BCUT2D eigenvalue weighted by Gasteiger charge is 2.38. The first kappa shape index (κ1) is 13.2. The third-order valence-electron chi connectivity index (χ3n) is 4.34. The SMILES string of the molecule is CC1(c2nc3cc(Cl)c(Cl)cc3[nH]2)CCCCC1N. The minimum Gasteiger partial charge on any atom is -0.341 e. The molecule has 1 heterocycles. The number of nitrogens with one attached hydrogen (secondary N) is 1. The Labute approximate surface area is 122 Å². The molecule has 0 amide bonds. The minimum absolute atomic E-state index is 0.0871. The van der Waals surface area contributed by atoms with Crippen LogP contribution in [0.4, 0.5) is 0 Å². The molecule has 0 saturated heterocycles. The molecule has 2 unspecified atom stereocenters. The number of aromatic amines is 1. The van der Waals surface area contributed by atoms with Gasteiger partial charge in [-0.05, 0) is 25.0 Å². The topological polar surface area (TPSA) is 54.7 Å². The smallest absolute Gasteiger partial charge is 0.114 e. The summed E-state index contributed by atoms with van der Waals surface area (Å²) in [4.78, 5) is 8.05. The summed E-state index contributed by atoms with van der Waals surface area (Å²) in [6.07, 6.45) is 4.52. The number of benzene rings is 1. The molecule has 1 aliphatic rings. The van der Waals surface area contributed by atoms with Crippen LogP contribution < -0.4 is 5.73 Å². The Hall–Kier alpha value is -0.770. The monoisotopic (exact) mass is 297 g/mol. The van der Waals surface area contributed by atoms with E-state index in [1.165, 1.54) is 12.8 Å². The van der Waals surface area contributed by atoms with Crippen molar-refractivity contribution in [2.24, 2.45) is 5.73 Å². The second-order valence-corrected chi connectivity index (χ2v) is 6.45. The molecule has 3 nitrogen and oxygen atoms in total. The van der Waals surface area contributed by atoms with Crippen LogP contribution in [0.15, 0.2) is 12.1 Å². The maximum atomic E-state index is 6.31. The van der Waals surface area contributed by atoms with Crippen LogP contribution in [0.5, 0.6) is 0 Å². The van der Waals surface area contributed by atoms with Crippen LogP contribution in [0.1, 0.15) is 38.4 Å². The number of fused-ring (bicyclic) bond motifs is 1. The highest BCUT2D eigenvalue weighted by atomic mass is 35.5. The predicted molar refractivity (Wildman–Crippen MR) is 79.9 cm³/mol. The van der Waals surface area contributed by atoms with Crippen molar-refractivity contribution in [1.82, 2.24) is 9.97 Å². The van der Waals surface area contributed by atoms with Crippen molar-refractivity contribution in [1.29, 1.82) is 0 Å². The normalized spacial score (nSPS) is 27.9. The summed E-state index contributed by atoms with van der Waals surface area (Å²) in [6.45, 7) is 2.19. The molecule has 1 saturated carbocycles. The third kappa shape index (κ3) is 2.14. The van der Waals surface area contributed by atoms with Crippen molar-refractivity contribution in [3.05, 3.63) is 28.0 Å². The van der Waals surface area contributed by atoms with E-state index >= 15 is 0 Å². The van der Waals surface area contributed by atoms with Gasteiger partial charge in [0.2, 0.25) is 0 Å². The first-order valence-corrected chi connectivity index (χ1v) is 7.37. The molecule has 102 valence electrons. The van der Waals surface area contributed by atoms with Gasteiger partial charge in [-0.2, -0.15) is 0 Å². The number of imidazole rings is 1. The molecule has 3 N–H and O–H groups in total. The maximum Gasteiger partial charge on any atom is 0.114 e. The van der Waals surface area contributed by atoms with Gasteiger partial charge in [0, 0.05) is 11.5 Å². The summed E-state index contributed by atoms with van der Waals surface area (Å²) in [7, 11) is 0. The highest BCUT2D eigenvalue weighted by Crippen LogP contribution is 2.38. The van der Waals surface area contributed by atoms with Gasteiger partial charge >= 0.3 is 0 Å². The van der Waals surface area contributed by atoms with Crippen LogP contribution in [-0.4, -0.2) is 16.0 Å². The van der Waals surface area contributed by atoms with Crippen LogP contribution in [0.3, 0.4) is 0 Å². The summed E-state index contributed by atoms with van der Waals surface area (Å²) in [5.41, 5.74) is 8.00. The standard InChI is InChI=1S/C14H17Cl2N3/c1-14(5-3-2-4-12(14)17)13-18-10-6-8(15)9(16)7-11(10)19-13/h6-7,12H,2-5,17H2,1H3,(H,18,19). The summed E-state index contributed by atoms with van der Waals surface area (Å²) >= 11 is 12.1. The summed E-state index contributed by atoms with van der Waals surface area (Å²) in [5.74, 6) is 0.952. The van der Waals surface area contributed by atoms with Gasteiger partial charge < -0.3 is 10.7 Å². The van der Waals surface area contributed by atoms with Gasteiger partial charge in [0.05, 0.1) is 21.1 Å². The van der Waals surface area contributed by atoms with Gasteiger partial charge in [0.25, 0.3) is 0 Å². The van der Waals surface area contributed by atoms with Crippen LogP contribution >= 0.6 is 23.2 Å². The second-order valence-electron chi connectivity index (χ2n) is 5.64. The fourth-order valence-corrected chi connectivity index (χ4v) is 3.25. The molecule has 2 atom stereocenters. The molecule has 19 heavy (non-hydrogen) atoms. The lowest BCUT2D eigenvalue weighted by Gasteiger charge is -2.37. The number of hydrogen-bond donors (Lipinski definition) is 2. The Morgan fingerprint density at radius 2 is 2.05 bits per heavy atom. The van der Waals surface area contributed by atoms with Crippen LogP contribution in [0.2, 0.25) is 10.0 Å². The van der Waals surface area contributed by atoms with E-state index < -0.39 is 0 Å². The Morgan fingerprint density at radius 3 is 2.79 bits per heavy atom. The van der Waals surface area contributed by atoms with Crippen LogP contribution in [0, 0.1) is 0 Å². The quantitative estimate of drug-likeness (QED) is 0.835. The predicted octanol–water partition coefficient (Wildman–Crippen LogP) is 4.03. The molecule has 2 aromatic rings. The molecular formula is C14H17Cl2N3. The highest BCUT2D eigenvalue weighted by molar-refractivity contribution is 6.42. The largest absolute Gasteiger partial charge is 0.341 e. The average molecular weight is 298 g/mol. The molecule has 0 aliphatic heterocycles. The number of halogens is 2. The Morgan fingerprint density at radius 1 is 1.32 bits per heavy atom. The Kier molecular flexibility index (Phi) is 3.24. The van der Waals surface area contributed by atoms with Gasteiger partial charge in [-0.1, -0.05) is 43.0 Å². The molecule has 0 spiro atoms. The third-order valence-corrected chi connectivity index (χ3v) is 5.07. The van der Waals surface area contributed by atoms with Crippen molar-refractivity contribution in [3.8, 4) is 0 Å². The molecule has 5 heteroatoms. The molecule has 0 radical (unpaired) electrons. The fraction of sp³-hybridized carbons (Fsp3) is 0.500. The molecule has 1 aromatic heterocycles. The zero-order valence-corrected chi connectivity index (χ0v) is 12.4. The Balaban J connectivity index is 2.10. The molecule has 1 fully saturated rings. The fourth-order valence-electron chi connectivity index (χ4n) is 2.93. The van der Waals surface area contributed by atoms with E-state index in [-0.39, 0.29) is 11.5 Å². The first-order chi connectivity index (χ1) is 9.00. The van der Waals surface area contributed by atoms with E-state index in [1.807, 2.05) is 6.07 Å². The second kappa shape index (κ2) is 4.65. The summed E-state index contributed by atoms with van der Waals surface area (Å²) < 4.78 is 0. The number of nitrogens with zero attached hydrogens (tertiary/aromatic N) is 1. The number of rotatable bonds is 1. The van der Waals surface area contributed by atoms with Crippen LogP contribution in [-0.2, 0) is 5.41 Å². The van der Waals surface area contributed by atoms with Crippen molar-refractivity contribution >= 4 is 34.2 Å². The molecule has 1 aliphatic carbocycles. The van der Waals surface area contributed by atoms with E-state index in [0.717, 1.165) is 29.7 Å². The molecule has 0 bridgehead atoms. The summed E-state index contributed by atoms with van der Waals surface area (Å²) in [6, 6.07) is 3.78. The minimum atomic E-state index is -0.0871. The average Bonchev–Trinajstić information content (AvgIpc) is 2.77. The van der Waals surface area contributed by atoms with E-state index in [2.05, 4.69) is 16.9 Å². The lowest BCUT2D eigenvalue weighted by Crippen LogP contribution is -2.46. The van der Waals surface area contributed by atoms with Gasteiger partial charge in [0.1, 0.15) is 5.82 Å². The van der Waals surface area contributed by atoms with Gasteiger partial charge in [0.15, 0.2) is 0 Å². The van der Waals surface area contributed by atoms with Gasteiger partial charge in [-0.15, -0.1) is 0 Å². The molecule has 3 rings (SSSR count). The van der Waals surface area contributed by atoms with Crippen molar-refractivity contribution in [2.75, 3.05) is 0 Å². The van der Waals surface area contributed by atoms with E-state index in [4.69, 9.17) is 28.9 Å². The first-order valence-electron chi connectivity index (χ1n) is 6.61. The zero-order chi connectivity index (χ0) is 13.6. The number of H-pyrrole nitrogens is 1. The van der Waals surface area contributed by atoms with Crippen molar-refractivity contribution in [3.63, 3.8) is 0 Å². The molecular weight excluding hydrogens is 281 g/mol. The maximum absolute atomic E-state index is 6.31. The number of aromatic nitrogens is 2. The van der Waals surface area contributed by atoms with Crippen LogP contribution in [0.25, 0.3) is 11.0 Å². The van der Waals surface area contributed by atoms with E-state index in [9.17, 15) is 0 Å². The van der Waals surface area contributed by atoms with E-state index in [1.54, 1.807) is 6.07 Å². The van der Waals surface area contributed by atoms with E-state index in [0.29, 0.717) is 10.0 Å². The zero-order valence-electron chi connectivity index (χ0n) is 10.8. The van der Waals surface area contributed by atoms with Gasteiger partial charge in [-0.25, -0.2) is 4.98 Å². The number of hydrogen-bond acceptors (Lipinski definition) is 2. The summed E-state index contributed by atoms with van der Waals surface area (Å²) in [5, 5.41) is 1.08.